The third-order valence-corrected chi connectivity index (χ3v) is 3.83. The largest absolute Gasteiger partial charge is 0.504 e. The molecule has 2 aromatic carbocycles. The molecule has 27 heavy (non-hydrogen) atoms. The molecule has 5 nitrogen and oxygen atoms in total. The number of phenolic OH excluding ortho intramolecular Hbond substituents is 2. The van der Waals surface area contributed by atoms with Gasteiger partial charge < -0.3 is 14.9 Å². The number of aromatic hydroxyl groups is 2. The average molecular weight is 365 g/mol. The second kappa shape index (κ2) is 9.97. The molecule has 0 amide bonds. The van der Waals surface area contributed by atoms with Gasteiger partial charge in [-0.05, 0) is 41.8 Å². The Labute approximate surface area is 159 Å². The average Bonchev–Trinajstić information content (AvgIpc) is 2.64. The van der Waals surface area contributed by atoms with Crippen LogP contribution >= 0.6 is 0 Å². The van der Waals surface area contributed by atoms with Gasteiger partial charge in [0, 0.05) is 18.8 Å². The van der Waals surface area contributed by atoms with Crippen LogP contribution in [0.3, 0.4) is 0 Å². The first-order valence-corrected chi connectivity index (χ1v) is 8.57. The summed E-state index contributed by atoms with van der Waals surface area (Å²) in [6.07, 6.45) is 4.83. The molecule has 2 N–H and O–H groups in total. The predicted octanol–water partition coefficient (Wildman–Crippen LogP) is 4.48. The highest BCUT2D eigenvalue weighted by Crippen LogP contribution is 2.32. The zero-order chi connectivity index (χ0) is 19.6. The summed E-state index contributed by atoms with van der Waals surface area (Å²) in [6.45, 7) is 5.77. The SMILES string of the molecule is C=C(/C=C\N=CC)CC(OC(=O)Cc1ccccc1)c1ccc(O)c(O)c1. The number of rotatable bonds is 8. The molecule has 0 bridgehead atoms. The van der Waals surface area contributed by atoms with E-state index in [1.165, 1.54) is 12.1 Å². The lowest BCUT2D eigenvalue weighted by molar-refractivity contribution is -0.148. The second-order valence-corrected chi connectivity index (χ2v) is 5.97. The van der Waals surface area contributed by atoms with Crippen LogP contribution in [0.25, 0.3) is 0 Å². The first-order chi connectivity index (χ1) is 13.0. The Kier molecular flexibility index (Phi) is 7.37. The minimum Gasteiger partial charge on any atom is -0.504 e. The van der Waals surface area contributed by atoms with Gasteiger partial charge in [-0.2, -0.15) is 0 Å². The van der Waals surface area contributed by atoms with Crippen molar-refractivity contribution in [2.24, 2.45) is 4.99 Å². The molecule has 2 aromatic rings. The first-order valence-electron chi connectivity index (χ1n) is 8.57. The highest BCUT2D eigenvalue weighted by molar-refractivity contribution is 5.73. The Balaban J connectivity index is 2.16. The topological polar surface area (TPSA) is 79.1 Å². The number of allylic oxidation sites excluding steroid dienone is 1. The van der Waals surface area contributed by atoms with E-state index in [4.69, 9.17) is 4.74 Å². The number of hydrogen-bond donors (Lipinski definition) is 2. The highest BCUT2D eigenvalue weighted by Gasteiger charge is 2.19. The molecule has 0 aliphatic carbocycles. The van der Waals surface area contributed by atoms with Gasteiger partial charge >= 0.3 is 5.97 Å². The molecule has 0 radical (unpaired) electrons. The number of carbonyl (C=O) groups is 1. The van der Waals surface area contributed by atoms with Gasteiger partial charge in [0.2, 0.25) is 0 Å². The molecule has 0 saturated carbocycles. The minimum atomic E-state index is -0.643. The molecular formula is C22H23NO4. The lowest BCUT2D eigenvalue weighted by atomic mass is 10.0. The summed E-state index contributed by atoms with van der Waals surface area (Å²) in [6, 6.07) is 13.7. The maximum Gasteiger partial charge on any atom is 0.310 e. The molecule has 1 unspecified atom stereocenters. The number of phenols is 2. The summed E-state index contributed by atoms with van der Waals surface area (Å²) in [5, 5.41) is 19.3. The zero-order valence-corrected chi connectivity index (χ0v) is 15.2. The Hall–Kier alpha value is -3.34. The van der Waals surface area contributed by atoms with Crippen LogP contribution in [0, 0.1) is 0 Å². The maximum absolute atomic E-state index is 12.4. The number of esters is 1. The van der Waals surface area contributed by atoms with E-state index in [-0.39, 0.29) is 23.9 Å². The number of carbonyl (C=O) groups excluding carboxylic acids is 1. The first kappa shape index (κ1) is 20.0. The molecule has 1 atom stereocenters. The molecule has 0 aliphatic rings. The number of nitrogens with zero attached hydrogens (tertiary/aromatic N) is 1. The summed E-state index contributed by atoms with van der Waals surface area (Å²) in [5.74, 6) is -0.889. The van der Waals surface area contributed by atoms with Crippen molar-refractivity contribution in [1.29, 1.82) is 0 Å². The van der Waals surface area contributed by atoms with Crippen molar-refractivity contribution in [2.45, 2.75) is 25.9 Å². The third kappa shape index (κ3) is 6.47. The fraction of sp³-hybridized carbons (Fsp3) is 0.182. The van der Waals surface area contributed by atoms with Gasteiger partial charge in [-0.15, -0.1) is 0 Å². The lowest BCUT2D eigenvalue weighted by Gasteiger charge is -2.19. The summed E-state index contributed by atoms with van der Waals surface area (Å²) >= 11 is 0. The molecule has 0 saturated heterocycles. The number of benzene rings is 2. The molecule has 0 spiro atoms. The molecule has 0 heterocycles. The van der Waals surface area contributed by atoms with Crippen LogP contribution in [-0.2, 0) is 16.0 Å². The number of aliphatic imine (C=N–C) groups is 1. The number of ether oxygens (including phenoxy) is 1. The molecular weight excluding hydrogens is 342 g/mol. The normalized spacial score (nSPS) is 12.3. The van der Waals surface area contributed by atoms with Crippen molar-refractivity contribution < 1.29 is 19.7 Å². The minimum absolute atomic E-state index is 0.143. The summed E-state index contributed by atoms with van der Waals surface area (Å²) in [4.78, 5) is 16.4. The van der Waals surface area contributed by atoms with E-state index >= 15 is 0 Å². The molecule has 0 fully saturated rings. The van der Waals surface area contributed by atoms with Gasteiger partial charge in [0.25, 0.3) is 0 Å². The van der Waals surface area contributed by atoms with E-state index in [9.17, 15) is 15.0 Å². The fourth-order valence-corrected chi connectivity index (χ4v) is 2.47. The van der Waals surface area contributed by atoms with E-state index in [1.54, 1.807) is 31.5 Å². The van der Waals surface area contributed by atoms with Crippen molar-refractivity contribution >= 4 is 12.2 Å². The van der Waals surface area contributed by atoms with E-state index in [0.717, 1.165) is 5.56 Å². The van der Waals surface area contributed by atoms with Crippen LogP contribution in [0.4, 0.5) is 0 Å². The Morgan fingerprint density at radius 2 is 1.93 bits per heavy atom. The standard InChI is InChI=1S/C22H23NO4/c1-3-23-12-11-16(2)13-21(18-9-10-19(24)20(25)15-18)27-22(26)14-17-7-5-4-6-8-17/h3-12,15,21,24-25H,2,13-14H2,1H3/b12-11-,23-3?. The predicted molar refractivity (Wildman–Crippen MR) is 106 cm³/mol. The van der Waals surface area contributed by atoms with E-state index in [2.05, 4.69) is 11.6 Å². The van der Waals surface area contributed by atoms with Gasteiger partial charge in [0.1, 0.15) is 6.10 Å². The van der Waals surface area contributed by atoms with E-state index < -0.39 is 6.10 Å². The Morgan fingerprint density at radius 3 is 2.59 bits per heavy atom. The molecule has 2 rings (SSSR count). The van der Waals surface area contributed by atoms with Crippen molar-refractivity contribution in [3.05, 3.63) is 84.1 Å². The van der Waals surface area contributed by atoms with Gasteiger partial charge in [0.05, 0.1) is 6.42 Å². The van der Waals surface area contributed by atoms with E-state index in [0.29, 0.717) is 17.6 Å². The Morgan fingerprint density at radius 1 is 1.19 bits per heavy atom. The lowest BCUT2D eigenvalue weighted by Crippen LogP contribution is -2.14. The second-order valence-electron chi connectivity index (χ2n) is 5.97. The summed E-state index contributed by atoms with van der Waals surface area (Å²) < 4.78 is 5.65. The van der Waals surface area contributed by atoms with E-state index in [1.807, 2.05) is 30.3 Å². The molecule has 140 valence electrons. The summed E-state index contributed by atoms with van der Waals surface area (Å²) in [7, 11) is 0. The van der Waals surface area contributed by atoms with Gasteiger partial charge in [-0.25, -0.2) is 0 Å². The van der Waals surface area contributed by atoms with Gasteiger partial charge in [-0.1, -0.05) is 43.0 Å². The molecule has 0 aliphatic heterocycles. The van der Waals surface area contributed by atoms with Crippen LogP contribution in [0.2, 0.25) is 0 Å². The summed E-state index contributed by atoms with van der Waals surface area (Å²) in [5.41, 5.74) is 2.14. The quantitative estimate of drug-likeness (QED) is 0.313. The van der Waals surface area contributed by atoms with Crippen molar-refractivity contribution in [3.8, 4) is 11.5 Å². The third-order valence-electron chi connectivity index (χ3n) is 3.83. The monoisotopic (exact) mass is 365 g/mol. The maximum atomic E-state index is 12.4. The van der Waals surface area contributed by atoms with Crippen molar-refractivity contribution in [1.82, 2.24) is 0 Å². The highest BCUT2D eigenvalue weighted by atomic mass is 16.5. The molecule has 5 heteroatoms. The van der Waals surface area contributed by atoms with Crippen LogP contribution in [0.1, 0.15) is 30.6 Å². The Bertz CT molecular complexity index is 841. The van der Waals surface area contributed by atoms with Crippen molar-refractivity contribution in [3.63, 3.8) is 0 Å². The number of hydrogen-bond acceptors (Lipinski definition) is 5. The van der Waals surface area contributed by atoms with Crippen LogP contribution < -0.4 is 0 Å². The van der Waals surface area contributed by atoms with Gasteiger partial charge in [-0.3, -0.25) is 9.79 Å². The van der Waals surface area contributed by atoms with Crippen LogP contribution in [0.5, 0.6) is 11.5 Å². The smallest absolute Gasteiger partial charge is 0.310 e. The molecule has 0 aromatic heterocycles. The van der Waals surface area contributed by atoms with Gasteiger partial charge in [0.15, 0.2) is 11.5 Å². The van der Waals surface area contributed by atoms with Crippen LogP contribution in [-0.4, -0.2) is 22.4 Å². The zero-order valence-electron chi connectivity index (χ0n) is 15.2. The van der Waals surface area contributed by atoms with Crippen LogP contribution in [0.15, 0.2) is 78.0 Å². The fourth-order valence-electron chi connectivity index (χ4n) is 2.47. The van der Waals surface area contributed by atoms with Crippen molar-refractivity contribution in [2.75, 3.05) is 0 Å².